The third-order valence-corrected chi connectivity index (χ3v) is 7.93. The molecule has 0 unspecified atom stereocenters. The minimum Gasteiger partial charge on any atom is -0.458 e. The van der Waals surface area contributed by atoms with Crippen molar-refractivity contribution >= 4 is 34.8 Å². The topological polar surface area (TPSA) is 89.5 Å². The molecule has 0 aromatic carbocycles. The van der Waals surface area contributed by atoms with Crippen molar-refractivity contribution in [1.29, 1.82) is 0 Å². The van der Waals surface area contributed by atoms with Crippen LogP contribution in [0.5, 0.6) is 0 Å². The number of nitrogens with one attached hydrogen (secondary N) is 1. The van der Waals surface area contributed by atoms with Crippen molar-refractivity contribution in [3.63, 3.8) is 0 Å². The van der Waals surface area contributed by atoms with E-state index in [1.807, 2.05) is 5.38 Å². The van der Waals surface area contributed by atoms with Crippen LogP contribution in [0, 0.1) is 23.2 Å². The van der Waals surface area contributed by atoms with Gasteiger partial charge in [-0.2, -0.15) is 0 Å². The van der Waals surface area contributed by atoms with Crippen LogP contribution < -0.4 is 5.32 Å². The van der Waals surface area contributed by atoms with Gasteiger partial charge in [0.25, 0.3) is 0 Å². The molecule has 1 amide bonds. The third kappa shape index (κ3) is 4.82. The second kappa shape index (κ2) is 9.00. The van der Waals surface area contributed by atoms with E-state index in [9.17, 15) is 19.2 Å². The highest BCUT2D eigenvalue weighted by Gasteiger charge is 2.54. The van der Waals surface area contributed by atoms with E-state index in [0.717, 1.165) is 19.3 Å². The number of thiophene rings is 1. The van der Waals surface area contributed by atoms with Crippen LogP contribution in [-0.2, 0) is 19.1 Å². The molecule has 162 valence electrons. The van der Waals surface area contributed by atoms with Gasteiger partial charge in [0.2, 0.25) is 5.91 Å². The molecule has 6 nitrogen and oxygen atoms in total. The van der Waals surface area contributed by atoms with Crippen molar-refractivity contribution in [2.45, 2.75) is 57.8 Å². The van der Waals surface area contributed by atoms with Crippen molar-refractivity contribution < 1.29 is 23.9 Å². The zero-order chi connectivity index (χ0) is 21.1. The van der Waals surface area contributed by atoms with Crippen LogP contribution in [0.25, 0.3) is 0 Å². The number of ketones is 2. The van der Waals surface area contributed by atoms with E-state index in [-0.39, 0.29) is 55.3 Å². The lowest BCUT2D eigenvalue weighted by Gasteiger charge is -2.55. The Labute approximate surface area is 180 Å². The summed E-state index contributed by atoms with van der Waals surface area (Å²) in [5.74, 6) is 1.34. The van der Waals surface area contributed by atoms with Crippen LogP contribution in [0.3, 0.4) is 0 Å². The Bertz CT molecular complexity index is 780. The lowest BCUT2D eigenvalue weighted by molar-refractivity contribution is -0.157. The van der Waals surface area contributed by atoms with Crippen LogP contribution in [0.4, 0.5) is 0 Å². The average Bonchev–Trinajstić information content (AvgIpc) is 3.24. The number of rotatable bonds is 10. The SMILES string of the molecule is O=C(CCC(=O)c1cccs1)NCCC(=O)OCC(=O)C12CC3CC(CC(C3)C1)C2. The van der Waals surface area contributed by atoms with E-state index in [4.69, 9.17) is 4.74 Å². The van der Waals surface area contributed by atoms with Gasteiger partial charge in [0.15, 0.2) is 18.2 Å². The molecule has 4 bridgehead atoms. The maximum Gasteiger partial charge on any atom is 0.308 e. The molecule has 4 fully saturated rings. The summed E-state index contributed by atoms with van der Waals surface area (Å²) >= 11 is 1.36. The molecule has 1 aromatic rings. The first kappa shape index (κ1) is 21.2. The number of esters is 1. The molecule has 0 radical (unpaired) electrons. The molecule has 4 aliphatic rings. The molecule has 1 heterocycles. The first-order chi connectivity index (χ1) is 14.4. The van der Waals surface area contributed by atoms with Crippen LogP contribution >= 0.6 is 11.3 Å². The highest BCUT2D eigenvalue weighted by atomic mass is 32.1. The van der Waals surface area contributed by atoms with Crippen LogP contribution in [0.1, 0.15) is 67.5 Å². The van der Waals surface area contributed by atoms with E-state index >= 15 is 0 Å². The maximum absolute atomic E-state index is 12.9. The Morgan fingerprint density at radius 2 is 1.67 bits per heavy atom. The van der Waals surface area contributed by atoms with E-state index in [0.29, 0.717) is 22.6 Å². The number of hydrogen-bond donors (Lipinski definition) is 1. The maximum atomic E-state index is 12.9. The normalized spacial score (nSPS) is 28.9. The molecule has 1 aromatic heterocycles. The Morgan fingerprint density at radius 3 is 2.27 bits per heavy atom. The Hall–Kier alpha value is -2.02. The lowest BCUT2D eigenvalue weighted by Crippen LogP contribution is -2.51. The average molecular weight is 432 g/mol. The first-order valence-electron chi connectivity index (χ1n) is 11.0. The van der Waals surface area contributed by atoms with E-state index < -0.39 is 5.97 Å². The number of hydrogen-bond acceptors (Lipinski definition) is 6. The summed E-state index contributed by atoms with van der Waals surface area (Å²) in [7, 11) is 0. The van der Waals surface area contributed by atoms with Gasteiger partial charge >= 0.3 is 5.97 Å². The summed E-state index contributed by atoms with van der Waals surface area (Å²) in [5, 5.41) is 4.46. The van der Waals surface area contributed by atoms with Gasteiger partial charge in [-0.15, -0.1) is 11.3 Å². The monoisotopic (exact) mass is 431 g/mol. The second-order valence-corrected chi connectivity index (χ2v) is 10.2. The van der Waals surface area contributed by atoms with E-state index in [1.165, 1.54) is 30.6 Å². The summed E-state index contributed by atoms with van der Waals surface area (Å²) < 4.78 is 5.23. The van der Waals surface area contributed by atoms with Gasteiger partial charge in [0.05, 0.1) is 11.3 Å². The van der Waals surface area contributed by atoms with Gasteiger partial charge in [-0.3, -0.25) is 19.2 Å². The predicted molar refractivity (Wildman–Crippen MR) is 112 cm³/mol. The zero-order valence-electron chi connectivity index (χ0n) is 17.2. The largest absolute Gasteiger partial charge is 0.458 e. The molecule has 30 heavy (non-hydrogen) atoms. The number of carbonyl (C=O) groups is 4. The quantitative estimate of drug-likeness (QED) is 0.452. The molecule has 4 aliphatic carbocycles. The molecular formula is C23H29NO5S. The van der Waals surface area contributed by atoms with Crippen molar-refractivity contribution in [2.75, 3.05) is 13.2 Å². The van der Waals surface area contributed by atoms with E-state index in [2.05, 4.69) is 5.32 Å². The molecule has 7 heteroatoms. The van der Waals surface area contributed by atoms with Gasteiger partial charge in [-0.25, -0.2) is 0 Å². The molecule has 1 N–H and O–H groups in total. The van der Waals surface area contributed by atoms with Gasteiger partial charge < -0.3 is 10.1 Å². The summed E-state index contributed by atoms with van der Waals surface area (Å²) in [6, 6.07) is 3.54. The van der Waals surface area contributed by atoms with Gasteiger partial charge in [0.1, 0.15) is 0 Å². The van der Waals surface area contributed by atoms with Gasteiger partial charge in [0, 0.05) is 24.8 Å². The van der Waals surface area contributed by atoms with Crippen molar-refractivity contribution in [3.8, 4) is 0 Å². The fourth-order valence-electron chi connectivity index (χ4n) is 6.00. The Morgan fingerprint density at radius 1 is 1.00 bits per heavy atom. The minimum absolute atomic E-state index is 0.0266. The number of ether oxygens (including phenoxy) is 1. The van der Waals surface area contributed by atoms with Crippen LogP contribution in [0.15, 0.2) is 17.5 Å². The Balaban J connectivity index is 1.12. The fraction of sp³-hybridized carbons (Fsp3) is 0.652. The minimum atomic E-state index is -0.469. The summed E-state index contributed by atoms with van der Waals surface area (Å²) in [4.78, 5) is 49.3. The highest BCUT2D eigenvalue weighted by molar-refractivity contribution is 7.12. The summed E-state index contributed by atoms with van der Waals surface area (Å²) in [6.07, 6.45) is 6.98. The summed E-state index contributed by atoms with van der Waals surface area (Å²) in [6.45, 7) is 0.00463. The molecule has 0 aliphatic heterocycles. The zero-order valence-corrected chi connectivity index (χ0v) is 18.0. The van der Waals surface area contributed by atoms with E-state index in [1.54, 1.807) is 12.1 Å². The molecule has 0 saturated heterocycles. The number of carbonyl (C=O) groups excluding carboxylic acids is 4. The number of Topliss-reactive ketones (excluding diaryl/α,β-unsaturated/α-hetero) is 2. The van der Waals surface area contributed by atoms with Crippen LogP contribution in [0.2, 0.25) is 0 Å². The standard InChI is InChI=1S/C23H29NO5S/c25-18(19-2-1-7-30-19)3-4-21(27)24-6-5-22(28)29-14-20(26)23-11-15-8-16(12-23)10-17(9-15)13-23/h1-2,7,15-17H,3-6,8-14H2,(H,24,27). The first-order valence-corrected chi connectivity index (χ1v) is 11.8. The molecule has 5 rings (SSSR count). The van der Waals surface area contributed by atoms with Crippen LogP contribution in [-0.4, -0.2) is 36.6 Å². The highest BCUT2D eigenvalue weighted by Crippen LogP contribution is 2.60. The van der Waals surface area contributed by atoms with Crippen molar-refractivity contribution in [1.82, 2.24) is 5.32 Å². The fourth-order valence-corrected chi connectivity index (χ4v) is 6.70. The molecule has 0 spiro atoms. The van der Waals surface area contributed by atoms with Gasteiger partial charge in [-0.05, 0) is 67.7 Å². The third-order valence-electron chi connectivity index (χ3n) is 7.02. The summed E-state index contributed by atoms with van der Waals surface area (Å²) in [5.41, 5.74) is -0.252. The van der Waals surface area contributed by atoms with Crippen molar-refractivity contribution in [3.05, 3.63) is 22.4 Å². The molecule has 0 atom stereocenters. The number of amides is 1. The van der Waals surface area contributed by atoms with Gasteiger partial charge in [-0.1, -0.05) is 6.07 Å². The van der Waals surface area contributed by atoms with Crippen molar-refractivity contribution in [2.24, 2.45) is 23.2 Å². The smallest absolute Gasteiger partial charge is 0.308 e. The Kier molecular flexibility index (Phi) is 6.37. The molecular weight excluding hydrogens is 402 g/mol. The molecule has 4 saturated carbocycles. The second-order valence-electron chi connectivity index (χ2n) is 9.28. The lowest BCUT2D eigenvalue weighted by atomic mass is 9.48. The predicted octanol–water partition coefficient (Wildman–Crippen LogP) is 3.55.